The Balaban J connectivity index is 1.40. The molecular formula is C31H26N6O4S. The minimum Gasteiger partial charge on any atom is -0.440 e. The van der Waals surface area contributed by atoms with Crippen molar-refractivity contribution in [2.45, 2.75) is 18.4 Å². The van der Waals surface area contributed by atoms with Crippen LogP contribution in [0.15, 0.2) is 113 Å². The van der Waals surface area contributed by atoms with E-state index in [0.717, 1.165) is 15.1 Å². The maximum absolute atomic E-state index is 13.5. The first kappa shape index (κ1) is 26.9. The number of rotatable bonds is 7. The number of nitrogens with zero attached hydrogens (tertiary/aromatic N) is 4. The molecule has 42 heavy (non-hydrogen) atoms. The van der Waals surface area contributed by atoms with Gasteiger partial charge in [0, 0.05) is 42.4 Å². The monoisotopic (exact) mass is 578 g/mol. The van der Waals surface area contributed by atoms with Gasteiger partial charge >= 0.3 is 6.03 Å². The van der Waals surface area contributed by atoms with Gasteiger partial charge in [-0.1, -0.05) is 42.5 Å². The molecule has 0 atom stereocenters. The van der Waals surface area contributed by atoms with Crippen LogP contribution in [0.1, 0.15) is 11.5 Å². The van der Waals surface area contributed by atoms with E-state index in [1.165, 1.54) is 29.4 Å². The highest BCUT2D eigenvalue weighted by Crippen LogP contribution is 2.38. The molecule has 3 aromatic carbocycles. The van der Waals surface area contributed by atoms with Crippen LogP contribution in [0.5, 0.6) is 0 Å². The molecule has 0 fully saturated rings. The van der Waals surface area contributed by atoms with Gasteiger partial charge in [0.2, 0.25) is 0 Å². The van der Waals surface area contributed by atoms with E-state index >= 15 is 0 Å². The molecule has 0 aliphatic rings. The number of anilines is 2. The number of pyridine rings is 1. The first-order chi connectivity index (χ1) is 20.3. The molecule has 11 heteroatoms. The Morgan fingerprint density at radius 3 is 2.29 bits per heavy atom. The molecule has 0 aliphatic heterocycles. The zero-order chi connectivity index (χ0) is 29.4. The average molecular weight is 579 g/mol. The van der Waals surface area contributed by atoms with E-state index in [4.69, 9.17) is 15.9 Å². The number of benzene rings is 3. The number of oxazole rings is 1. The summed E-state index contributed by atoms with van der Waals surface area (Å²) in [5.41, 5.74) is 15.6. The van der Waals surface area contributed by atoms with Crippen LogP contribution in [0.25, 0.3) is 33.6 Å². The van der Waals surface area contributed by atoms with E-state index in [9.17, 15) is 13.2 Å². The Labute approximate surface area is 241 Å². The summed E-state index contributed by atoms with van der Waals surface area (Å²) in [6, 6.07) is 25.6. The van der Waals surface area contributed by atoms with Crippen LogP contribution in [0, 0.1) is 6.92 Å². The summed E-state index contributed by atoms with van der Waals surface area (Å²) in [4.78, 5) is 22.8. The molecule has 0 radical (unpaired) electrons. The maximum Gasteiger partial charge on any atom is 0.323 e. The minimum atomic E-state index is -3.92. The number of aryl methyl sites for hydroxylation is 1. The lowest BCUT2D eigenvalue weighted by Crippen LogP contribution is -2.31. The van der Waals surface area contributed by atoms with Crippen LogP contribution in [-0.2, 0) is 16.6 Å². The number of hydrogen-bond acceptors (Lipinski definition) is 7. The smallest absolute Gasteiger partial charge is 0.323 e. The van der Waals surface area contributed by atoms with Gasteiger partial charge < -0.3 is 15.9 Å². The number of primary amides is 1. The van der Waals surface area contributed by atoms with Crippen molar-refractivity contribution >= 4 is 38.5 Å². The van der Waals surface area contributed by atoms with Gasteiger partial charge in [-0.2, -0.15) is 0 Å². The van der Waals surface area contributed by atoms with Gasteiger partial charge in [0.15, 0.2) is 17.3 Å². The van der Waals surface area contributed by atoms with Crippen LogP contribution in [-0.4, -0.2) is 28.4 Å². The number of carbonyl (C=O) groups is 1. The fraction of sp³-hybridized carbons (Fsp3) is 0.0645. The lowest BCUT2D eigenvalue weighted by Gasteiger charge is -2.20. The molecule has 0 bridgehead atoms. The molecule has 0 aliphatic carbocycles. The van der Waals surface area contributed by atoms with E-state index < -0.39 is 16.1 Å². The highest BCUT2D eigenvalue weighted by Gasteiger charge is 2.24. The van der Waals surface area contributed by atoms with Crippen molar-refractivity contribution in [1.82, 2.24) is 13.9 Å². The molecular weight excluding hydrogens is 552 g/mol. The second kappa shape index (κ2) is 10.6. The van der Waals surface area contributed by atoms with Crippen molar-refractivity contribution < 1.29 is 17.6 Å². The normalized spacial score (nSPS) is 11.6. The Kier molecular flexibility index (Phi) is 6.81. The van der Waals surface area contributed by atoms with Gasteiger partial charge in [-0.15, -0.1) is 0 Å². The quantitative estimate of drug-likeness (QED) is 0.251. The summed E-state index contributed by atoms with van der Waals surface area (Å²) in [6.45, 7) is 2.06. The van der Waals surface area contributed by atoms with Crippen LogP contribution in [0.3, 0.4) is 0 Å². The third-order valence-corrected chi connectivity index (χ3v) is 8.56. The first-order valence-corrected chi connectivity index (χ1v) is 14.5. The molecule has 0 spiro atoms. The Morgan fingerprint density at radius 2 is 1.62 bits per heavy atom. The summed E-state index contributed by atoms with van der Waals surface area (Å²) in [5.74, 6) is 0.897. The Hall–Kier alpha value is -5.26. The standard InChI is InChI=1S/C31H26N6O4S/c1-20-35-28(22-9-11-24(12-10-22)37(31(33)38)23-5-3-2-4-6-23)29(41-20)26-15-17-34-30-27(26)16-18-36(30)42(39,40)25-13-7-21(19-32)8-14-25/h2-18H,19,32H2,1H3,(H2,33,38). The van der Waals surface area contributed by atoms with Gasteiger partial charge in [0.1, 0.15) is 5.69 Å². The molecule has 6 rings (SSSR count). The molecule has 3 aromatic heterocycles. The molecule has 3 heterocycles. The number of fused-ring (bicyclic) bond motifs is 1. The Morgan fingerprint density at radius 1 is 0.929 bits per heavy atom. The van der Waals surface area contributed by atoms with Crippen molar-refractivity contribution in [3.63, 3.8) is 0 Å². The van der Waals surface area contributed by atoms with E-state index in [1.54, 1.807) is 55.5 Å². The van der Waals surface area contributed by atoms with Crippen LogP contribution >= 0.6 is 0 Å². The fourth-order valence-corrected chi connectivity index (χ4v) is 6.17. The van der Waals surface area contributed by atoms with Crippen LogP contribution in [0.4, 0.5) is 16.2 Å². The van der Waals surface area contributed by atoms with Crippen molar-refractivity contribution in [2.75, 3.05) is 4.90 Å². The minimum absolute atomic E-state index is 0.126. The summed E-state index contributed by atoms with van der Waals surface area (Å²) in [6.07, 6.45) is 3.02. The summed E-state index contributed by atoms with van der Waals surface area (Å²) in [7, 11) is -3.92. The van der Waals surface area contributed by atoms with Gasteiger partial charge in [-0.25, -0.2) is 27.2 Å². The van der Waals surface area contributed by atoms with Gasteiger partial charge in [-0.05, 0) is 54.1 Å². The predicted octanol–water partition coefficient (Wildman–Crippen LogP) is 5.58. The molecule has 0 saturated carbocycles. The summed E-state index contributed by atoms with van der Waals surface area (Å²) < 4.78 is 34.2. The summed E-state index contributed by atoms with van der Waals surface area (Å²) in [5, 5.41) is 0.581. The number of carbonyl (C=O) groups excluding carboxylic acids is 1. The molecule has 0 saturated heterocycles. The third kappa shape index (κ3) is 4.70. The molecule has 210 valence electrons. The van der Waals surface area contributed by atoms with Gasteiger partial charge in [0.25, 0.3) is 10.0 Å². The van der Waals surface area contributed by atoms with Crippen molar-refractivity contribution in [3.05, 3.63) is 115 Å². The average Bonchev–Trinajstić information content (AvgIpc) is 3.62. The number of aromatic nitrogens is 3. The molecule has 2 amide bonds. The zero-order valence-electron chi connectivity index (χ0n) is 22.5. The molecule has 6 aromatic rings. The van der Waals surface area contributed by atoms with Crippen molar-refractivity contribution in [1.29, 1.82) is 0 Å². The van der Waals surface area contributed by atoms with Gasteiger partial charge in [0.05, 0.1) is 16.3 Å². The number of hydrogen-bond donors (Lipinski definition) is 2. The highest BCUT2D eigenvalue weighted by atomic mass is 32.2. The van der Waals surface area contributed by atoms with E-state index in [2.05, 4.69) is 9.97 Å². The second-order valence-electron chi connectivity index (χ2n) is 9.53. The molecule has 4 N–H and O–H groups in total. The van der Waals surface area contributed by atoms with Gasteiger partial charge in [-0.3, -0.25) is 4.90 Å². The predicted molar refractivity (Wildman–Crippen MR) is 160 cm³/mol. The van der Waals surface area contributed by atoms with Crippen LogP contribution < -0.4 is 16.4 Å². The lowest BCUT2D eigenvalue weighted by molar-refractivity contribution is 0.256. The number of urea groups is 1. The molecule has 0 unspecified atom stereocenters. The number of amides is 2. The first-order valence-electron chi connectivity index (χ1n) is 13.0. The zero-order valence-corrected chi connectivity index (χ0v) is 23.3. The van der Waals surface area contributed by atoms with E-state index in [1.807, 2.05) is 30.3 Å². The fourth-order valence-electron chi connectivity index (χ4n) is 4.87. The highest BCUT2D eigenvalue weighted by molar-refractivity contribution is 7.90. The van der Waals surface area contributed by atoms with E-state index in [0.29, 0.717) is 46.2 Å². The van der Waals surface area contributed by atoms with E-state index in [-0.39, 0.29) is 10.5 Å². The lowest BCUT2D eigenvalue weighted by atomic mass is 10.0. The Bertz CT molecular complexity index is 2020. The number of para-hydroxylation sites is 1. The number of nitrogens with two attached hydrogens (primary N) is 2. The SMILES string of the molecule is Cc1nc(-c2ccc(N(C(N)=O)c3ccccc3)cc2)c(-c2ccnc3c2ccn3S(=O)(=O)c2ccc(CN)cc2)o1. The summed E-state index contributed by atoms with van der Waals surface area (Å²) >= 11 is 0. The maximum atomic E-state index is 13.5. The van der Waals surface area contributed by atoms with Crippen molar-refractivity contribution in [3.8, 4) is 22.6 Å². The van der Waals surface area contributed by atoms with Crippen molar-refractivity contribution in [2.24, 2.45) is 11.5 Å². The topological polar surface area (TPSA) is 150 Å². The van der Waals surface area contributed by atoms with Crippen LogP contribution in [0.2, 0.25) is 0 Å². The largest absolute Gasteiger partial charge is 0.440 e. The second-order valence-corrected chi connectivity index (χ2v) is 11.3. The third-order valence-electron chi connectivity index (χ3n) is 6.88. The molecule has 10 nitrogen and oxygen atoms in total.